The number of nitrogens with one attached hydrogen (secondary N) is 1. The maximum Gasteiger partial charge on any atom is 0.232 e. The lowest BCUT2D eigenvalue weighted by Gasteiger charge is -2.25. The van der Waals surface area contributed by atoms with Crippen LogP contribution in [0, 0.1) is 0 Å². The molecule has 2 aromatic carbocycles. The van der Waals surface area contributed by atoms with Gasteiger partial charge in [-0.05, 0) is 24.1 Å². The number of nitrogens with zero attached hydrogens (tertiary/aromatic N) is 1. The number of hydrogen-bond acceptors (Lipinski definition) is 3. The van der Waals surface area contributed by atoms with Crippen LogP contribution < -0.4 is 10.1 Å². The summed E-state index contributed by atoms with van der Waals surface area (Å²) in [5, 5.41) is 3.06. The number of pyridine rings is 1. The van der Waals surface area contributed by atoms with Crippen molar-refractivity contribution in [2.45, 2.75) is 12.3 Å². The Morgan fingerprint density at radius 3 is 2.72 bits per heavy atom. The topological polar surface area (TPSA) is 51.2 Å². The van der Waals surface area contributed by atoms with Gasteiger partial charge < -0.3 is 10.1 Å². The maximum absolute atomic E-state index is 12.9. The lowest BCUT2D eigenvalue weighted by atomic mass is 9.92. The van der Waals surface area contributed by atoms with E-state index in [0.717, 1.165) is 28.1 Å². The summed E-state index contributed by atoms with van der Waals surface area (Å²) in [7, 11) is 0. The van der Waals surface area contributed by atoms with Crippen molar-refractivity contribution in [2.24, 2.45) is 0 Å². The van der Waals surface area contributed by atoms with Crippen molar-refractivity contribution in [1.29, 1.82) is 0 Å². The zero-order valence-electron chi connectivity index (χ0n) is 13.7. The third kappa shape index (κ3) is 3.11. The van der Waals surface area contributed by atoms with Crippen LogP contribution >= 0.6 is 0 Å². The first-order valence-electron chi connectivity index (χ1n) is 8.35. The molecule has 0 saturated heterocycles. The number of carbonyl (C=O) groups excluding carboxylic acids is 1. The predicted octanol–water partition coefficient (Wildman–Crippen LogP) is 4.25. The Kier molecular flexibility index (Phi) is 4.17. The van der Waals surface area contributed by atoms with E-state index in [1.807, 2.05) is 60.7 Å². The largest absolute Gasteiger partial charge is 0.493 e. The van der Waals surface area contributed by atoms with E-state index < -0.39 is 0 Å². The maximum atomic E-state index is 12.9. The molecule has 4 nitrogen and oxygen atoms in total. The van der Waals surface area contributed by atoms with Gasteiger partial charge in [0.1, 0.15) is 5.75 Å². The van der Waals surface area contributed by atoms with Gasteiger partial charge in [0.05, 0.1) is 24.4 Å². The van der Waals surface area contributed by atoms with Gasteiger partial charge in [-0.15, -0.1) is 0 Å². The molecule has 1 atom stereocenters. The Balaban J connectivity index is 1.63. The second-order valence-corrected chi connectivity index (χ2v) is 6.00. The molecular weight excluding hydrogens is 312 g/mol. The zero-order chi connectivity index (χ0) is 17.1. The van der Waals surface area contributed by atoms with Crippen LogP contribution in [0.15, 0.2) is 73.1 Å². The summed E-state index contributed by atoms with van der Waals surface area (Å²) in [6.45, 7) is 0.549. The predicted molar refractivity (Wildman–Crippen MR) is 97.6 cm³/mol. The van der Waals surface area contributed by atoms with E-state index >= 15 is 0 Å². The van der Waals surface area contributed by atoms with E-state index in [9.17, 15) is 4.79 Å². The van der Waals surface area contributed by atoms with Crippen molar-refractivity contribution in [3.05, 3.63) is 78.6 Å². The van der Waals surface area contributed by atoms with Crippen molar-refractivity contribution in [3.63, 3.8) is 0 Å². The number of rotatable bonds is 3. The molecule has 0 bridgehead atoms. The molecule has 0 saturated carbocycles. The molecule has 25 heavy (non-hydrogen) atoms. The average Bonchev–Trinajstić information content (AvgIpc) is 2.68. The molecule has 0 fully saturated rings. The van der Waals surface area contributed by atoms with Gasteiger partial charge in [-0.3, -0.25) is 9.78 Å². The van der Waals surface area contributed by atoms with Crippen LogP contribution in [0.25, 0.3) is 11.1 Å². The number of ether oxygens (including phenoxy) is 1. The normalized spacial score (nSPS) is 15.8. The van der Waals surface area contributed by atoms with Crippen LogP contribution in [0.3, 0.4) is 0 Å². The van der Waals surface area contributed by atoms with Gasteiger partial charge in [0.2, 0.25) is 5.91 Å². The molecule has 0 aliphatic carbocycles. The monoisotopic (exact) mass is 330 g/mol. The van der Waals surface area contributed by atoms with E-state index in [1.165, 1.54) is 0 Å². The number of fused-ring (bicyclic) bond motifs is 1. The van der Waals surface area contributed by atoms with E-state index in [2.05, 4.69) is 10.3 Å². The summed E-state index contributed by atoms with van der Waals surface area (Å²) in [4.78, 5) is 17.1. The molecule has 0 radical (unpaired) electrons. The number of para-hydroxylation sites is 1. The summed E-state index contributed by atoms with van der Waals surface area (Å²) in [6.07, 6.45) is 4.11. The van der Waals surface area contributed by atoms with Crippen molar-refractivity contribution < 1.29 is 9.53 Å². The van der Waals surface area contributed by atoms with Crippen LogP contribution in [0.5, 0.6) is 5.75 Å². The minimum absolute atomic E-state index is 0.0269. The second-order valence-electron chi connectivity index (χ2n) is 6.00. The fraction of sp³-hybridized carbons (Fsp3) is 0.143. The fourth-order valence-corrected chi connectivity index (χ4v) is 3.20. The molecule has 4 heteroatoms. The highest BCUT2D eigenvalue weighted by atomic mass is 16.5. The third-order valence-electron chi connectivity index (χ3n) is 4.44. The number of hydrogen-bond donors (Lipinski definition) is 1. The van der Waals surface area contributed by atoms with Crippen molar-refractivity contribution in [1.82, 2.24) is 4.98 Å². The van der Waals surface area contributed by atoms with Crippen LogP contribution in [0.2, 0.25) is 0 Å². The van der Waals surface area contributed by atoms with Crippen molar-refractivity contribution in [3.8, 4) is 16.9 Å². The molecule has 2 heterocycles. The van der Waals surface area contributed by atoms with E-state index in [1.54, 1.807) is 12.4 Å². The highest BCUT2D eigenvalue weighted by Crippen LogP contribution is 2.35. The highest BCUT2D eigenvalue weighted by molar-refractivity contribution is 5.99. The summed E-state index contributed by atoms with van der Waals surface area (Å²) in [5.41, 5.74) is 3.68. The summed E-state index contributed by atoms with van der Waals surface area (Å²) in [6, 6.07) is 19.6. The SMILES string of the molecule is O=C(Nc1cnccc1-c1ccccc1)C1CCOc2ccccc21. The molecule has 1 N–H and O–H groups in total. The number of benzene rings is 2. The summed E-state index contributed by atoms with van der Waals surface area (Å²) in [5.74, 6) is 0.554. The third-order valence-corrected chi connectivity index (χ3v) is 4.44. The minimum atomic E-state index is -0.214. The van der Waals surface area contributed by atoms with E-state index in [4.69, 9.17) is 4.74 Å². The van der Waals surface area contributed by atoms with Gasteiger partial charge in [0, 0.05) is 17.3 Å². The smallest absolute Gasteiger partial charge is 0.232 e. The molecular formula is C21H18N2O2. The second kappa shape index (κ2) is 6.77. The Morgan fingerprint density at radius 1 is 1.04 bits per heavy atom. The van der Waals surface area contributed by atoms with Crippen LogP contribution in [0.4, 0.5) is 5.69 Å². The van der Waals surface area contributed by atoms with Crippen molar-refractivity contribution in [2.75, 3.05) is 11.9 Å². The number of aromatic nitrogens is 1. The summed E-state index contributed by atoms with van der Waals surface area (Å²) < 4.78 is 5.65. The quantitative estimate of drug-likeness (QED) is 0.781. The molecule has 1 aliphatic rings. The molecule has 1 aromatic heterocycles. The Bertz CT molecular complexity index is 893. The molecule has 3 aromatic rings. The Morgan fingerprint density at radius 2 is 1.84 bits per heavy atom. The van der Waals surface area contributed by atoms with Crippen LogP contribution in [-0.4, -0.2) is 17.5 Å². The van der Waals surface area contributed by atoms with Gasteiger partial charge in [-0.25, -0.2) is 0 Å². The molecule has 1 unspecified atom stereocenters. The number of anilines is 1. The summed E-state index contributed by atoms with van der Waals surface area (Å²) >= 11 is 0. The molecule has 0 spiro atoms. The molecule has 1 amide bonds. The average molecular weight is 330 g/mol. The Labute approximate surface area is 146 Å². The molecule has 1 aliphatic heterocycles. The van der Waals surface area contributed by atoms with Gasteiger partial charge in [-0.1, -0.05) is 48.5 Å². The lowest BCUT2D eigenvalue weighted by Crippen LogP contribution is -2.26. The van der Waals surface area contributed by atoms with Crippen LogP contribution in [0.1, 0.15) is 17.9 Å². The van der Waals surface area contributed by atoms with Gasteiger partial charge >= 0.3 is 0 Å². The van der Waals surface area contributed by atoms with Gasteiger partial charge in [0.15, 0.2) is 0 Å². The first-order chi connectivity index (χ1) is 12.3. The van der Waals surface area contributed by atoms with E-state index in [0.29, 0.717) is 13.0 Å². The number of amides is 1. The first kappa shape index (κ1) is 15.4. The molecule has 124 valence electrons. The van der Waals surface area contributed by atoms with Gasteiger partial charge in [0.25, 0.3) is 0 Å². The van der Waals surface area contributed by atoms with Crippen LogP contribution in [-0.2, 0) is 4.79 Å². The lowest BCUT2D eigenvalue weighted by molar-refractivity contribution is -0.118. The van der Waals surface area contributed by atoms with Gasteiger partial charge in [-0.2, -0.15) is 0 Å². The Hall–Kier alpha value is -3.14. The first-order valence-corrected chi connectivity index (χ1v) is 8.35. The minimum Gasteiger partial charge on any atom is -0.493 e. The van der Waals surface area contributed by atoms with E-state index in [-0.39, 0.29) is 11.8 Å². The molecule has 4 rings (SSSR count). The standard InChI is InChI=1S/C21H18N2O2/c24-21(18-11-13-25-20-9-5-4-8-17(18)20)23-19-14-22-12-10-16(19)15-6-2-1-3-7-15/h1-10,12,14,18H,11,13H2,(H,23,24). The highest BCUT2D eigenvalue weighted by Gasteiger charge is 2.27. The van der Waals surface area contributed by atoms with Crippen molar-refractivity contribution >= 4 is 11.6 Å². The zero-order valence-corrected chi connectivity index (χ0v) is 13.7. The number of carbonyl (C=O) groups is 1. The fourth-order valence-electron chi connectivity index (χ4n) is 3.20.